The van der Waals surface area contributed by atoms with E-state index in [9.17, 15) is 9.59 Å². The molecule has 0 saturated heterocycles. The summed E-state index contributed by atoms with van der Waals surface area (Å²) in [6.45, 7) is 7.06. The lowest BCUT2D eigenvalue weighted by Crippen LogP contribution is -2.49. The van der Waals surface area contributed by atoms with Crippen LogP contribution in [0.15, 0.2) is 34.7 Å². The Morgan fingerprint density at radius 1 is 1.09 bits per heavy atom. The van der Waals surface area contributed by atoms with Crippen molar-refractivity contribution in [3.8, 4) is 0 Å². The Kier molecular flexibility index (Phi) is 4.85. The average molecular weight is 302 g/mol. The third-order valence-electron chi connectivity index (χ3n) is 3.54. The molecule has 0 saturated carbocycles. The number of nitrogens with one attached hydrogen (secondary N) is 2. The number of para-hydroxylation sites is 1. The third kappa shape index (κ3) is 3.67. The van der Waals surface area contributed by atoms with Gasteiger partial charge in [0, 0.05) is 12.3 Å². The smallest absolute Gasteiger partial charge is 0.243 e. The zero-order chi connectivity index (χ0) is 16.3. The van der Waals surface area contributed by atoms with Gasteiger partial charge in [-0.2, -0.15) is 0 Å². The van der Waals surface area contributed by atoms with Crippen LogP contribution in [0.1, 0.15) is 39.5 Å². The van der Waals surface area contributed by atoms with Gasteiger partial charge in [-0.1, -0.05) is 32.0 Å². The molecular weight excluding hydrogens is 280 g/mol. The zero-order valence-corrected chi connectivity index (χ0v) is 13.3. The molecule has 2 aromatic rings. The molecule has 1 aromatic carbocycles. The maximum Gasteiger partial charge on any atom is 0.243 e. The molecule has 0 bridgehead atoms. The zero-order valence-electron chi connectivity index (χ0n) is 13.3. The third-order valence-corrected chi connectivity index (χ3v) is 3.54. The van der Waals surface area contributed by atoms with E-state index in [0.29, 0.717) is 5.76 Å². The number of furan rings is 1. The minimum atomic E-state index is -0.552. The Hall–Kier alpha value is -2.30. The molecule has 2 amide bonds. The van der Waals surface area contributed by atoms with E-state index in [0.717, 1.165) is 11.0 Å². The summed E-state index contributed by atoms with van der Waals surface area (Å²) in [6, 6.07) is 8.80. The van der Waals surface area contributed by atoms with E-state index in [2.05, 4.69) is 10.6 Å². The monoisotopic (exact) mass is 302 g/mol. The standard InChI is InChI=1S/C17H22N2O3/c1-10(2)16(19-12(4)20)17(21)18-11(3)15-9-13-7-5-6-8-14(13)22-15/h5-11,16H,1-4H3,(H,18,21)(H,19,20)/t11-,16+/m0/s1. The van der Waals surface area contributed by atoms with Crippen LogP contribution in [0.3, 0.4) is 0 Å². The number of rotatable bonds is 5. The molecule has 2 rings (SSSR count). The second-order valence-electron chi connectivity index (χ2n) is 5.84. The molecule has 0 aliphatic rings. The Morgan fingerprint density at radius 2 is 1.77 bits per heavy atom. The molecular formula is C17H22N2O3. The number of benzene rings is 1. The number of fused-ring (bicyclic) bond motifs is 1. The highest BCUT2D eigenvalue weighted by molar-refractivity contribution is 5.87. The topological polar surface area (TPSA) is 71.3 Å². The van der Waals surface area contributed by atoms with Crippen molar-refractivity contribution in [1.29, 1.82) is 0 Å². The number of carbonyl (C=O) groups is 2. The summed E-state index contributed by atoms with van der Waals surface area (Å²) in [7, 11) is 0. The molecule has 2 atom stereocenters. The lowest BCUT2D eigenvalue weighted by Gasteiger charge is -2.22. The van der Waals surface area contributed by atoms with Gasteiger partial charge in [0.15, 0.2) is 0 Å². The predicted octanol–water partition coefficient (Wildman–Crippen LogP) is 2.77. The van der Waals surface area contributed by atoms with Gasteiger partial charge in [-0.15, -0.1) is 0 Å². The number of hydrogen-bond acceptors (Lipinski definition) is 3. The van der Waals surface area contributed by atoms with Gasteiger partial charge in [-0.05, 0) is 25.0 Å². The van der Waals surface area contributed by atoms with Crippen LogP contribution in [-0.4, -0.2) is 17.9 Å². The number of amides is 2. The molecule has 118 valence electrons. The van der Waals surface area contributed by atoms with Crippen LogP contribution in [0.25, 0.3) is 11.0 Å². The molecule has 1 aromatic heterocycles. The van der Waals surface area contributed by atoms with E-state index < -0.39 is 6.04 Å². The van der Waals surface area contributed by atoms with E-state index in [1.165, 1.54) is 6.92 Å². The maximum atomic E-state index is 12.4. The van der Waals surface area contributed by atoms with Gasteiger partial charge in [-0.3, -0.25) is 9.59 Å². The van der Waals surface area contributed by atoms with Crippen molar-refractivity contribution in [3.05, 3.63) is 36.1 Å². The summed E-state index contributed by atoms with van der Waals surface area (Å²) in [4.78, 5) is 23.6. The van der Waals surface area contributed by atoms with Gasteiger partial charge >= 0.3 is 0 Å². The fourth-order valence-corrected chi connectivity index (χ4v) is 2.34. The van der Waals surface area contributed by atoms with Crippen LogP contribution >= 0.6 is 0 Å². The summed E-state index contributed by atoms with van der Waals surface area (Å²) in [5.41, 5.74) is 0.792. The number of carbonyl (C=O) groups excluding carboxylic acids is 2. The number of hydrogen-bond donors (Lipinski definition) is 2. The second-order valence-corrected chi connectivity index (χ2v) is 5.84. The Morgan fingerprint density at radius 3 is 2.36 bits per heavy atom. The van der Waals surface area contributed by atoms with Gasteiger partial charge < -0.3 is 15.1 Å². The molecule has 0 unspecified atom stereocenters. The van der Waals surface area contributed by atoms with Crippen molar-refractivity contribution in [2.45, 2.75) is 39.8 Å². The fourth-order valence-electron chi connectivity index (χ4n) is 2.34. The first-order valence-corrected chi connectivity index (χ1v) is 7.44. The van der Waals surface area contributed by atoms with E-state index in [4.69, 9.17) is 4.42 Å². The van der Waals surface area contributed by atoms with E-state index in [-0.39, 0.29) is 23.8 Å². The van der Waals surface area contributed by atoms with Crippen molar-refractivity contribution < 1.29 is 14.0 Å². The van der Waals surface area contributed by atoms with Crippen molar-refractivity contribution in [3.63, 3.8) is 0 Å². The van der Waals surface area contributed by atoms with Crippen LogP contribution in [0.2, 0.25) is 0 Å². The van der Waals surface area contributed by atoms with Gasteiger partial charge in [0.05, 0.1) is 6.04 Å². The highest BCUT2D eigenvalue weighted by atomic mass is 16.3. The Bertz CT molecular complexity index is 642. The first-order chi connectivity index (χ1) is 10.4. The molecule has 2 N–H and O–H groups in total. The lowest BCUT2D eigenvalue weighted by molar-refractivity contribution is -0.129. The second kappa shape index (κ2) is 6.64. The summed E-state index contributed by atoms with van der Waals surface area (Å²) in [5.74, 6) is 0.273. The summed E-state index contributed by atoms with van der Waals surface area (Å²) < 4.78 is 5.75. The van der Waals surface area contributed by atoms with Crippen LogP contribution in [-0.2, 0) is 9.59 Å². The average Bonchev–Trinajstić information content (AvgIpc) is 2.88. The lowest BCUT2D eigenvalue weighted by atomic mass is 10.0. The minimum Gasteiger partial charge on any atom is -0.459 e. The molecule has 0 radical (unpaired) electrons. The molecule has 5 nitrogen and oxygen atoms in total. The van der Waals surface area contributed by atoms with Gasteiger partial charge in [0.2, 0.25) is 11.8 Å². The van der Waals surface area contributed by atoms with Gasteiger partial charge in [0.1, 0.15) is 17.4 Å². The van der Waals surface area contributed by atoms with Gasteiger partial charge in [-0.25, -0.2) is 0 Å². The molecule has 0 spiro atoms. The summed E-state index contributed by atoms with van der Waals surface area (Å²) in [5, 5.41) is 6.58. The SMILES string of the molecule is CC(=O)N[C@@H](C(=O)N[C@@H](C)c1cc2ccccc2o1)C(C)C. The van der Waals surface area contributed by atoms with Crippen molar-refractivity contribution in [2.24, 2.45) is 5.92 Å². The molecule has 22 heavy (non-hydrogen) atoms. The summed E-state index contributed by atoms with van der Waals surface area (Å²) >= 11 is 0. The highest BCUT2D eigenvalue weighted by Gasteiger charge is 2.25. The molecule has 0 aliphatic carbocycles. The largest absolute Gasteiger partial charge is 0.459 e. The first kappa shape index (κ1) is 16.1. The van der Waals surface area contributed by atoms with E-state index in [1.54, 1.807) is 0 Å². The maximum absolute atomic E-state index is 12.4. The van der Waals surface area contributed by atoms with Crippen LogP contribution in [0.4, 0.5) is 0 Å². The summed E-state index contributed by atoms with van der Waals surface area (Å²) in [6.07, 6.45) is 0. The quantitative estimate of drug-likeness (QED) is 0.892. The highest BCUT2D eigenvalue weighted by Crippen LogP contribution is 2.23. The van der Waals surface area contributed by atoms with Gasteiger partial charge in [0.25, 0.3) is 0 Å². The van der Waals surface area contributed by atoms with E-state index >= 15 is 0 Å². The molecule has 0 aliphatic heterocycles. The normalized spacial score (nSPS) is 13.9. The molecule has 1 heterocycles. The van der Waals surface area contributed by atoms with Crippen molar-refractivity contribution >= 4 is 22.8 Å². The van der Waals surface area contributed by atoms with E-state index in [1.807, 2.05) is 51.1 Å². The predicted molar refractivity (Wildman–Crippen MR) is 85.2 cm³/mol. The van der Waals surface area contributed by atoms with Crippen LogP contribution in [0.5, 0.6) is 0 Å². The molecule has 0 fully saturated rings. The first-order valence-electron chi connectivity index (χ1n) is 7.44. The fraction of sp³-hybridized carbons (Fsp3) is 0.412. The van der Waals surface area contributed by atoms with Crippen molar-refractivity contribution in [1.82, 2.24) is 10.6 Å². The Balaban J connectivity index is 2.10. The minimum absolute atomic E-state index is 0.00627. The van der Waals surface area contributed by atoms with Crippen LogP contribution < -0.4 is 10.6 Å². The Labute approximate surface area is 130 Å². The molecule has 5 heteroatoms. The van der Waals surface area contributed by atoms with Crippen LogP contribution in [0, 0.1) is 5.92 Å². The van der Waals surface area contributed by atoms with Crippen molar-refractivity contribution in [2.75, 3.05) is 0 Å².